The molecule has 0 radical (unpaired) electrons. The van der Waals surface area contributed by atoms with Gasteiger partial charge in [-0.3, -0.25) is 0 Å². The van der Waals surface area contributed by atoms with Crippen LogP contribution in [0.3, 0.4) is 0 Å². The summed E-state index contributed by atoms with van der Waals surface area (Å²) < 4.78 is 1.25. The van der Waals surface area contributed by atoms with Crippen LogP contribution in [0.4, 0.5) is 5.69 Å². The fourth-order valence-corrected chi connectivity index (χ4v) is 3.08. The van der Waals surface area contributed by atoms with E-state index in [-0.39, 0.29) is 12.4 Å². The smallest absolute Gasteiger partial charge is 0.0722 e. The van der Waals surface area contributed by atoms with Gasteiger partial charge in [0.1, 0.15) is 0 Å². The van der Waals surface area contributed by atoms with Crippen molar-refractivity contribution >= 4 is 45.4 Å². The highest BCUT2D eigenvalue weighted by atomic mass is 79.9. The van der Waals surface area contributed by atoms with E-state index >= 15 is 0 Å². The van der Waals surface area contributed by atoms with Crippen LogP contribution in [-0.4, -0.2) is 6.54 Å². The third kappa shape index (κ3) is 2.15. The largest absolute Gasteiger partial charge is 0.384 e. The Morgan fingerprint density at radius 3 is 3.08 bits per heavy atom. The zero-order valence-electron chi connectivity index (χ0n) is 6.60. The van der Waals surface area contributed by atoms with Crippen molar-refractivity contribution in [3.63, 3.8) is 0 Å². The monoisotopic (exact) mass is 267 g/mol. The first-order chi connectivity index (χ1) is 5.36. The molecule has 0 unspecified atom stereocenters. The van der Waals surface area contributed by atoms with Gasteiger partial charge in [0.2, 0.25) is 0 Å². The van der Waals surface area contributed by atoms with Crippen molar-refractivity contribution in [2.75, 3.05) is 11.9 Å². The summed E-state index contributed by atoms with van der Waals surface area (Å²) in [5, 5.41) is 3.43. The molecule has 0 saturated carbocycles. The van der Waals surface area contributed by atoms with E-state index in [2.05, 4.69) is 27.3 Å². The highest BCUT2D eigenvalue weighted by molar-refractivity contribution is 9.11. The van der Waals surface area contributed by atoms with E-state index in [1.165, 1.54) is 33.6 Å². The van der Waals surface area contributed by atoms with E-state index in [1.807, 2.05) is 11.3 Å². The summed E-state index contributed by atoms with van der Waals surface area (Å²) in [6.07, 6.45) is 3.88. The molecule has 0 saturated heterocycles. The van der Waals surface area contributed by atoms with E-state index in [0.29, 0.717) is 0 Å². The molecule has 1 aliphatic heterocycles. The minimum atomic E-state index is 0. The van der Waals surface area contributed by atoms with E-state index in [9.17, 15) is 0 Å². The first kappa shape index (κ1) is 10.4. The predicted octanol–water partition coefficient (Wildman–Crippen LogP) is 3.68. The van der Waals surface area contributed by atoms with Crippen LogP contribution in [0.5, 0.6) is 0 Å². The fourth-order valence-electron chi connectivity index (χ4n) is 1.37. The molecule has 0 bridgehead atoms. The van der Waals surface area contributed by atoms with Crippen molar-refractivity contribution in [1.29, 1.82) is 0 Å². The molecule has 1 aromatic rings. The van der Waals surface area contributed by atoms with Gasteiger partial charge in [0.25, 0.3) is 0 Å². The van der Waals surface area contributed by atoms with Gasteiger partial charge in [-0.2, -0.15) is 0 Å². The summed E-state index contributed by atoms with van der Waals surface area (Å²) >= 11 is 5.35. The van der Waals surface area contributed by atoms with Crippen LogP contribution in [0, 0.1) is 0 Å². The van der Waals surface area contributed by atoms with Crippen molar-refractivity contribution < 1.29 is 0 Å². The minimum Gasteiger partial charge on any atom is -0.384 e. The molecule has 1 N–H and O–H groups in total. The van der Waals surface area contributed by atoms with Gasteiger partial charge < -0.3 is 5.32 Å². The zero-order chi connectivity index (χ0) is 7.68. The van der Waals surface area contributed by atoms with E-state index in [0.717, 1.165) is 6.54 Å². The summed E-state index contributed by atoms with van der Waals surface area (Å²) in [5.74, 6) is 0. The van der Waals surface area contributed by atoms with Gasteiger partial charge in [0, 0.05) is 17.1 Å². The van der Waals surface area contributed by atoms with Gasteiger partial charge >= 0.3 is 0 Å². The predicted molar refractivity (Wildman–Crippen MR) is 60.7 cm³/mol. The molecule has 4 heteroatoms. The number of fused-ring (bicyclic) bond motifs is 1. The van der Waals surface area contributed by atoms with E-state index in [1.54, 1.807) is 0 Å². The third-order valence-electron chi connectivity index (χ3n) is 1.92. The standard InChI is InChI=1S/C8H10BrNS.ClH/c9-8-5-6-7(11-8)3-1-2-4-10-6;/h5,10H,1-4H2;1H. The minimum absolute atomic E-state index is 0. The average Bonchev–Trinajstić information content (AvgIpc) is 2.17. The van der Waals surface area contributed by atoms with Crippen molar-refractivity contribution in [1.82, 2.24) is 0 Å². The Morgan fingerprint density at radius 2 is 2.25 bits per heavy atom. The Balaban J connectivity index is 0.000000720. The Labute approximate surface area is 91.1 Å². The third-order valence-corrected chi connectivity index (χ3v) is 3.62. The molecule has 2 rings (SSSR count). The Kier molecular flexibility index (Phi) is 3.87. The van der Waals surface area contributed by atoms with E-state index < -0.39 is 0 Å². The summed E-state index contributed by atoms with van der Waals surface area (Å²) in [6, 6.07) is 2.19. The molecule has 0 atom stereocenters. The number of hydrogen-bond donors (Lipinski definition) is 1. The molecule has 0 aromatic carbocycles. The van der Waals surface area contributed by atoms with Crippen LogP contribution in [-0.2, 0) is 6.42 Å². The van der Waals surface area contributed by atoms with Crippen molar-refractivity contribution in [2.45, 2.75) is 19.3 Å². The molecule has 0 aliphatic carbocycles. The number of rotatable bonds is 0. The van der Waals surface area contributed by atoms with Crippen molar-refractivity contribution in [2.24, 2.45) is 0 Å². The van der Waals surface area contributed by atoms with Crippen LogP contribution in [0.1, 0.15) is 17.7 Å². The Bertz CT molecular complexity index is 238. The quantitative estimate of drug-likeness (QED) is 0.757. The molecule has 68 valence electrons. The maximum Gasteiger partial charge on any atom is 0.0722 e. The summed E-state index contributed by atoms with van der Waals surface area (Å²) in [7, 11) is 0. The second kappa shape index (κ2) is 4.49. The highest BCUT2D eigenvalue weighted by Crippen LogP contribution is 2.33. The lowest BCUT2D eigenvalue weighted by atomic mass is 10.2. The molecule has 1 aliphatic rings. The van der Waals surface area contributed by atoms with Gasteiger partial charge in [0.15, 0.2) is 0 Å². The van der Waals surface area contributed by atoms with Gasteiger partial charge in [0.05, 0.1) is 3.79 Å². The molecule has 1 nitrogen and oxygen atoms in total. The molecule has 2 heterocycles. The summed E-state index contributed by atoms with van der Waals surface area (Å²) in [4.78, 5) is 1.51. The average molecular weight is 269 g/mol. The lowest BCUT2D eigenvalue weighted by Crippen LogP contribution is -1.97. The molecule has 1 aromatic heterocycles. The summed E-state index contributed by atoms with van der Waals surface area (Å²) in [5.41, 5.74) is 1.35. The first-order valence-electron chi connectivity index (χ1n) is 3.88. The van der Waals surface area contributed by atoms with Crippen LogP contribution in [0.2, 0.25) is 0 Å². The van der Waals surface area contributed by atoms with E-state index in [4.69, 9.17) is 0 Å². The first-order valence-corrected chi connectivity index (χ1v) is 5.49. The number of nitrogens with one attached hydrogen (secondary N) is 1. The lowest BCUT2D eigenvalue weighted by molar-refractivity contribution is 0.790. The maximum absolute atomic E-state index is 3.50. The van der Waals surface area contributed by atoms with Gasteiger partial charge in [-0.15, -0.1) is 23.7 Å². The van der Waals surface area contributed by atoms with Crippen LogP contribution >= 0.6 is 39.7 Å². The SMILES string of the molecule is Brc1cc2c(s1)CCCCN2.Cl. The molecule has 0 amide bonds. The second-order valence-corrected chi connectivity index (χ2v) is 5.29. The number of hydrogen-bond acceptors (Lipinski definition) is 2. The number of halogens is 2. The molecular formula is C8H11BrClNS. The van der Waals surface area contributed by atoms with Crippen LogP contribution < -0.4 is 5.32 Å². The molecule has 0 fully saturated rings. The molecule has 12 heavy (non-hydrogen) atoms. The number of anilines is 1. The van der Waals surface area contributed by atoms with Gasteiger partial charge in [-0.1, -0.05) is 0 Å². The van der Waals surface area contributed by atoms with Crippen LogP contribution in [0.15, 0.2) is 9.85 Å². The van der Waals surface area contributed by atoms with Gasteiger partial charge in [-0.25, -0.2) is 0 Å². The molecular weight excluding hydrogens is 258 g/mol. The second-order valence-electron chi connectivity index (χ2n) is 2.77. The topological polar surface area (TPSA) is 12.0 Å². The van der Waals surface area contributed by atoms with Gasteiger partial charge in [-0.05, 0) is 41.3 Å². The fraction of sp³-hybridized carbons (Fsp3) is 0.500. The Morgan fingerprint density at radius 1 is 1.42 bits per heavy atom. The van der Waals surface area contributed by atoms with Crippen molar-refractivity contribution in [3.05, 3.63) is 14.7 Å². The zero-order valence-corrected chi connectivity index (χ0v) is 9.82. The van der Waals surface area contributed by atoms with Crippen molar-refractivity contribution in [3.8, 4) is 0 Å². The normalized spacial score (nSPS) is 15.4. The highest BCUT2D eigenvalue weighted by Gasteiger charge is 2.09. The molecule has 0 spiro atoms. The lowest BCUT2D eigenvalue weighted by Gasteiger charge is -1.98. The number of aryl methyl sites for hydroxylation is 1. The number of thiophene rings is 1. The Hall–Kier alpha value is 0.270. The summed E-state index contributed by atoms with van der Waals surface area (Å²) in [6.45, 7) is 1.14. The van der Waals surface area contributed by atoms with Crippen LogP contribution in [0.25, 0.3) is 0 Å². The maximum atomic E-state index is 3.50.